The van der Waals surface area contributed by atoms with Gasteiger partial charge >= 0.3 is 5.69 Å². The minimum atomic E-state index is -0.468. The largest absolute Gasteiger partial charge is 0.490 e. The lowest BCUT2D eigenvalue weighted by Crippen LogP contribution is -2.43. The highest BCUT2D eigenvalue weighted by Crippen LogP contribution is 2.32. The molecule has 2 heterocycles. The van der Waals surface area contributed by atoms with E-state index in [0.717, 1.165) is 37.5 Å². The van der Waals surface area contributed by atoms with Crippen LogP contribution in [0.3, 0.4) is 0 Å². The van der Waals surface area contributed by atoms with Crippen LogP contribution in [0.5, 0.6) is 5.75 Å². The smallest absolute Gasteiger partial charge is 0.310 e. The van der Waals surface area contributed by atoms with Crippen molar-refractivity contribution in [1.82, 2.24) is 15.0 Å². The first-order chi connectivity index (χ1) is 11.6. The molecule has 0 N–H and O–H groups in total. The fourth-order valence-electron chi connectivity index (χ4n) is 2.74. The predicted molar refractivity (Wildman–Crippen MR) is 87.9 cm³/mol. The van der Waals surface area contributed by atoms with Crippen LogP contribution in [-0.2, 0) is 6.54 Å². The Morgan fingerprint density at radius 3 is 2.71 bits per heavy atom. The van der Waals surface area contributed by atoms with E-state index in [4.69, 9.17) is 9.26 Å². The maximum atomic E-state index is 11.0. The molecule has 3 rings (SSSR count). The van der Waals surface area contributed by atoms with Crippen LogP contribution in [0.4, 0.5) is 5.69 Å². The number of benzene rings is 1. The first-order valence-electron chi connectivity index (χ1n) is 7.76. The van der Waals surface area contributed by atoms with Gasteiger partial charge in [-0.25, -0.2) is 0 Å². The van der Waals surface area contributed by atoms with Gasteiger partial charge in [-0.1, -0.05) is 5.16 Å². The zero-order valence-electron chi connectivity index (χ0n) is 13.8. The Labute approximate surface area is 139 Å². The van der Waals surface area contributed by atoms with E-state index in [9.17, 15) is 10.1 Å². The predicted octanol–water partition coefficient (Wildman–Crippen LogP) is 2.01. The Hall–Kier alpha value is -2.45. The molecule has 0 saturated carbocycles. The topological polar surface area (TPSA) is 84.9 Å². The summed E-state index contributed by atoms with van der Waals surface area (Å²) in [5.41, 5.74) is 1.31. The number of hydrogen-bond donors (Lipinski definition) is 0. The number of methoxy groups -OCH3 is 1. The van der Waals surface area contributed by atoms with Crippen molar-refractivity contribution in [3.63, 3.8) is 0 Å². The third kappa shape index (κ3) is 3.55. The molecule has 0 unspecified atom stereocenters. The molecule has 1 aromatic carbocycles. The normalized spacial score (nSPS) is 16.2. The van der Waals surface area contributed by atoms with Crippen molar-refractivity contribution >= 4 is 5.69 Å². The minimum Gasteiger partial charge on any atom is -0.490 e. The molecule has 0 amide bonds. The third-order valence-corrected chi connectivity index (χ3v) is 4.21. The maximum Gasteiger partial charge on any atom is 0.310 e. The Morgan fingerprint density at radius 1 is 1.29 bits per heavy atom. The van der Waals surface area contributed by atoms with E-state index in [0.29, 0.717) is 12.2 Å². The van der Waals surface area contributed by atoms with Crippen LogP contribution in [0.25, 0.3) is 11.3 Å². The number of likely N-dealkylation sites (N-methyl/N-ethyl adjacent to an activating group) is 1. The molecule has 0 bridgehead atoms. The molecule has 1 aliphatic heterocycles. The Balaban J connectivity index is 1.74. The summed E-state index contributed by atoms with van der Waals surface area (Å²) in [6.45, 7) is 4.79. The first-order valence-corrected chi connectivity index (χ1v) is 7.76. The van der Waals surface area contributed by atoms with E-state index in [1.807, 2.05) is 6.07 Å². The van der Waals surface area contributed by atoms with E-state index >= 15 is 0 Å². The van der Waals surface area contributed by atoms with E-state index in [-0.39, 0.29) is 11.4 Å². The Bertz CT molecular complexity index is 723. The molecule has 0 spiro atoms. The van der Waals surface area contributed by atoms with Crippen molar-refractivity contribution in [2.75, 3.05) is 40.3 Å². The summed E-state index contributed by atoms with van der Waals surface area (Å²) in [5, 5.41) is 15.0. The number of piperazine rings is 1. The SMILES string of the molecule is COc1cc(-c2cc(CN3CCN(C)CC3)on2)ccc1[N+](=O)[O-]. The average Bonchev–Trinajstić information content (AvgIpc) is 3.04. The maximum absolute atomic E-state index is 11.0. The fourth-order valence-corrected chi connectivity index (χ4v) is 2.74. The average molecular weight is 332 g/mol. The molecule has 2 aromatic rings. The van der Waals surface area contributed by atoms with Crippen LogP contribution < -0.4 is 4.74 Å². The Morgan fingerprint density at radius 2 is 2.04 bits per heavy atom. The van der Waals surface area contributed by atoms with Crippen LogP contribution in [0.1, 0.15) is 5.76 Å². The van der Waals surface area contributed by atoms with Crippen molar-refractivity contribution in [2.45, 2.75) is 6.54 Å². The summed E-state index contributed by atoms with van der Waals surface area (Å²) in [6.07, 6.45) is 0. The number of ether oxygens (including phenoxy) is 1. The van der Waals surface area contributed by atoms with Crippen molar-refractivity contribution in [3.05, 3.63) is 40.1 Å². The second kappa shape index (κ2) is 6.98. The van der Waals surface area contributed by atoms with Crippen molar-refractivity contribution < 1.29 is 14.2 Å². The molecule has 0 aliphatic carbocycles. The van der Waals surface area contributed by atoms with E-state index < -0.39 is 4.92 Å². The molecule has 24 heavy (non-hydrogen) atoms. The van der Waals surface area contributed by atoms with Gasteiger partial charge in [0.15, 0.2) is 11.5 Å². The zero-order chi connectivity index (χ0) is 17.1. The lowest BCUT2D eigenvalue weighted by molar-refractivity contribution is -0.385. The quantitative estimate of drug-likeness (QED) is 0.611. The summed E-state index contributed by atoms with van der Waals surface area (Å²) < 4.78 is 10.5. The van der Waals surface area contributed by atoms with Crippen LogP contribution in [0.15, 0.2) is 28.8 Å². The standard InChI is InChI=1S/C16H20N4O4/c1-18-5-7-19(8-6-18)11-13-10-14(17-24-13)12-3-4-15(20(21)22)16(9-12)23-2/h3-4,9-10H,5-8,11H2,1-2H3. The number of hydrogen-bond acceptors (Lipinski definition) is 7. The second-order valence-electron chi connectivity index (χ2n) is 5.90. The summed E-state index contributed by atoms with van der Waals surface area (Å²) in [6, 6.07) is 6.55. The summed E-state index contributed by atoms with van der Waals surface area (Å²) in [4.78, 5) is 15.1. The first kappa shape index (κ1) is 16.4. The van der Waals surface area contributed by atoms with Gasteiger partial charge in [-0.05, 0) is 19.2 Å². The van der Waals surface area contributed by atoms with Gasteiger partial charge in [0, 0.05) is 43.9 Å². The highest BCUT2D eigenvalue weighted by molar-refractivity contribution is 5.65. The second-order valence-corrected chi connectivity index (χ2v) is 5.90. The highest BCUT2D eigenvalue weighted by Gasteiger charge is 2.19. The van der Waals surface area contributed by atoms with Gasteiger partial charge < -0.3 is 14.2 Å². The van der Waals surface area contributed by atoms with Gasteiger partial charge in [-0.2, -0.15) is 0 Å². The molecule has 128 valence electrons. The lowest BCUT2D eigenvalue weighted by atomic mass is 10.1. The zero-order valence-corrected chi connectivity index (χ0v) is 13.8. The molecule has 1 saturated heterocycles. The van der Waals surface area contributed by atoms with Crippen molar-refractivity contribution in [1.29, 1.82) is 0 Å². The molecule has 8 heteroatoms. The van der Waals surface area contributed by atoms with E-state index in [1.54, 1.807) is 12.1 Å². The number of nitro benzene ring substituents is 1. The molecule has 1 aliphatic rings. The molecule has 1 fully saturated rings. The van der Waals surface area contributed by atoms with Gasteiger partial charge in [-0.3, -0.25) is 15.0 Å². The van der Waals surface area contributed by atoms with E-state index in [1.165, 1.54) is 13.2 Å². The number of nitrogens with zero attached hydrogens (tertiary/aromatic N) is 4. The van der Waals surface area contributed by atoms with Crippen LogP contribution in [0.2, 0.25) is 0 Å². The van der Waals surface area contributed by atoms with Crippen molar-refractivity contribution in [2.24, 2.45) is 0 Å². The third-order valence-electron chi connectivity index (χ3n) is 4.21. The van der Waals surface area contributed by atoms with Gasteiger partial charge in [0.25, 0.3) is 0 Å². The summed E-state index contributed by atoms with van der Waals surface area (Å²) in [7, 11) is 3.53. The lowest BCUT2D eigenvalue weighted by Gasteiger charge is -2.31. The Kier molecular flexibility index (Phi) is 4.77. The molecule has 0 radical (unpaired) electrons. The summed E-state index contributed by atoms with van der Waals surface area (Å²) >= 11 is 0. The van der Waals surface area contributed by atoms with Crippen molar-refractivity contribution in [3.8, 4) is 17.0 Å². The van der Waals surface area contributed by atoms with Crippen LogP contribution in [-0.4, -0.2) is 60.2 Å². The monoisotopic (exact) mass is 332 g/mol. The van der Waals surface area contributed by atoms with Gasteiger partial charge in [0.05, 0.1) is 18.6 Å². The molecule has 0 atom stereocenters. The van der Waals surface area contributed by atoms with Gasteiger partial charge in [-0.15, -0.1) is 0 Å². The molecular formula is C16H20N4O4. The number of aromatic nitrogens is 1. The molecule has 1 aromatic heterocycles. The minimum absolute atomic E-state index is 0.0672. The fraction of sp³-hybridized carbons (Fsp3) is 0.438. The van der Waals surface area contributed by atoms with E-state index in [2.05, 4.69) is 22.0 Å². The molecular weight excluding hydrogens is 312 g/mol. The summed E-state index contributed by atoms with van der Waals surface area (Å²) in [5.74, 6) is 0.994. The number of nitro groups is 1. The highest BCUT2D eigenvalue weighted by atomic mass is 16.6. The van der Waals surface area contributed by atoms with Gasteiger partial charge in [0.2, 0.25) is 0 Å². The van der Waals surface area contributed by atoms with Crippen LogP contribution in [0, 0.1) is 10.1 Å². The molecule has 8 nitrogen and oxygen atoms in total. The number of rotatable bonds is 5. The van der Waals surface area contributed by atoms with Crippen LogP contribution >= 0.6 is 0 Å². The van der Waals surface area contributed by atoms with Gasteiger partial charge in [0.1, 0.15) is 5.69 Å².